The van der Waals surface area contributed by atoms with Crippen molar-refractivity contribution in [1.82, 2.24) is 0 Å². The molecule has 0 aromatic heterocycles. The molecule has 1 aliphatic rings. The fourth-order valence-electron chi connectivity index (χ4n) is 3.33. The summed E-state index contributed by atoms with van der Waals surface area (Å²) in [6, 6.07) is 3.74. The van der Waals surface area contributed by atoms with Crippen LogP contribution in [0.4, 0.5) is 0 Å². The standard InChI is InChI=1S/C15H26Si/c1-4-12-16(13-5-2,14-6-3)15-10-8-7-9-11-15/h4-6,15H,1-3,7-14H2. The number of allylic oxidation sites excluding steroid dienone is 3. The van der Waals surface area contributed by atoms with Gasteiger partial charge < -0.3 is 0 Å². The van der Waals surface area contributed by atoms with Gasteiger partial charge in [0.15, 0.2) is 0 Å². The van der Waals surface area contributed by atoms with Gasteiger partial charge in [-0.1, -0.05) is 50.3 Å². The maximum atomic E-state index is 3.97. The van der Waals surface area contributed by atoms with Gasteiger partial charge in [-0.05, 0) is 23.7 Å². The average molecular weight is 234 g/mol. The minimum Gasteiger partial charge on any atom is -0.103 e. The molecule has 0 nitrogen and oxygen atoms in total. The van der Waals surface area contributed by atoms with Crippen LogP contribution in [0.5, 0.6) is 0 Å². The van der Waals surface area contributed by atoms with Crippen molar-refractivity contribution in [2.75, 3.05) is 0 Å². The minimum absolute atomic E-state index is 0.982. The van der Waals surface area contributed by atoms with Gasteiger partial charge in [0, 0.05) is 0 Å². The van der Waals surface area contributed by atoms with Crippen molar-refractivity contribution in [3.63, 3.8) is 0 Å². The Morgan fingerprint density at radius 2 is 1.25 bits per heavy atom. The summed E-state index contributed by atoms with van der Waals surface area (Å²) in [5.41, 5.74) is 0.982. The van der Waals surface area contributed by atoms with E-state index in [2.05, 4.69) is 38.0 Å². The molecule has 0 radical (unpaired) electrons. The van der Waals surface area contributed by atoms with Crippen LogP contribution in [0.2, 0.25) is 23.7 Å². The summed E-state index contributed by atoms with van der Waals surface area (Å²) in [4.78, 5) is 0. The molecule has 0 atom stereocenters. The van der Waals surface area contributed by atoms with Gasteiger partial charge in [-0.2, -0.15) is 0 Å². The molecule has 1 aliphatic carbocycles. The van der Waals surface area contributed by atoms with E-state index >= 15 is 0 Å². The van der Waals surface area contributed by atoms with E-state index in [-0.39, 0.29) is 0 Å². The highest BCUT2D eigenvalue weighted by Gasteiger charge is 2.37. The second kappa shape index (κ2) is 6.90. The van der Waals surface area contributed by atoms with E-state index in [0.29, 0.717) is 0 Å². The van der Waals surface area contributed by atoms with E-state index in [0.717, 1.165) is 5.54 Å². The largest absolute Gasteiger partial charge is 0.103 e. The van der Waals surface area contributed by atoms with Gasteiger partial charge in [0.05, 0.1) is 8.07 Å². The zero-order chi connectivity index (χ0) is 11.9. The van der Waals surface area contributed by atoms with Crippen molar-refractivity contribution in [2.45, 2.75) is 55.8 Å². The summed E-state index contributed by atoms with van der Waals surface area (Å²) in [5, 5.41) is 0. The van der Waals surface area contributed by atoms with Gasteiger partial charge in [0.2, 0.25) is 0 Å². The lowest BCUT2D eigenvalue weighted by molar-refractivity contribution is 0.489. The van der Waals surface area contributed by atoms with E-state index in [1.54, 1.807) is 0 Å². The van der Waals surface area contributed by atoms with Gasteiger partial charge in [-0.15, -0.1) is 19.7 Å². The Morgan fingerprint density at radius 1 is 0.812 bits per heavy atom. The Morgan fingerprint density at radius 3 is 1.62 bits per heavy atom. The van der Waals surface area contributed by atoms with Crippen LogP contribution in [-0.2, 0) is 0 Å². The van der Waals surface area contributed by atoms with Crippen LogP contribution < -0.4 is 0 Å². The van der Waals surface area contributed by atoms with Crippen LogP contribution in [0.3, 0.4) is 0 Å². The summed E-state index contributed by atoms with van der Waals surface area (Å²) < 4.78 is 0. The Labute approximate surface area is 102 Å². The molecule has 0 aromatic rings. The van der Waals surface area contributed by atoms with E-state index < -0.39 is 8.07 Å². The molecular formula is C15H26Si. The SMILES string of the molecule is C=CC[Si](CC=C)(CC=C)C1CCCCC1. The smallest absolute Gasteiger partial charge is 0.0679 e. The molecule has 0 aromatic carbocycles. The second-order valence-corrected chi connectivity index (χ2v) is 9.94. The lowest BCUT2D eigenvalue weighted by Crippen LogP contribution is -2.39. The second-order valence-electron chi connectivity index (χ2n) is 5.18. The van der Waals surface area contributed by atoms with E-state index in [1.807, 2.05) is 0 Å². The van der Waals surface area contributed by atoms with Gasteiger partial charge in [-0.25, -0.2) is 0 Å². The molecule has 1 saturated carbocycles. The highest BCUT2D eigenvalue weighted by atomic mass is 28.3. The third kappa shape index (κ3) is 3.21. The summed E-state index contributed by atoms with van der Waals surface area (Å²) in [6.07, 6.45) is 13.6. The minimum atomic E-state index is -1.25. The Kier molecular flexibility index (Phi) is 5.82. The molecule has 0 heterocycles. The van der Waals surface area contributed by atoms with Crippen LogP contribution in [-0.4, -0.2) is 8.07 Å². The zero-order valence-corrected chi connectivity index (χ0v) is 11.6. The number of hydrogen-bond donors (Lipinski definition) is 0. The monoisotopic (exact) mass is 234 g/mol. The molecule has 90 valence electrons. The molecular weight excluding hydrogens is 208 g/mol. The topological polar surface area (TPSA) is 0 Å². The molecule has 0 saturated heterocycles. The summed E-state index contributed by atoms with van der Waals surface area (Å²) in [7, 11) is -1.25. The van der Waals surface area contributed by atoms with E-state index in [4.69, 9.17) is 0 Å². The quantitative estimate of drug-likeness (QED) is 0.413. The lowest BCUT2D eigenvalue weighted by atomic mass is 10.0. The van der Waals surface area contributed by atoms with Crippen LogP contribution in [0.15, 0.2) is 38.0 Å². The van der Waals surface area contributed by atoms with Crippen molar-refractivity contribution in [2.24, 2.45) is 0 Å². The molecule has 0 unspecified atom stereocenters. The third-order valence-corrected chi connectivity index (χ3v) is 9.74. The van der Waals surface area contributed by atoms with E-state index in [9.17, 15) is 0 Å². The molecule has 1 heteroatoms. The Hall–Kier alpha value is -0.563. The normalized spacial score (nSPS) is 18.0. The fraction of sp³-hybridized carbons (Fsp3) is 0.600. The lowest BCUT2D eigenvalue weighted by Gasteiger charge is -2.39. The average Bonchev–Trinajstić information content (AvgIpc) is 2.31. The highest BCUT2D eigenvalue weighted by Crippen LogP contribution is 2.43. The van der Waals surface area contributed by atoms with Crippen LogP contribution in [0.25, 0.3) is 0 Å². The molecule has 0 bridgehead atoms. The predicted molar refractivity (Wildman–Crippen MR) is 77.6 cm³/mol. The maximum absolute atomic E-state index is 3.97. The fourth-order valence-corrected chi connectivity index (χ4v) is 8.19. The third-order valence-electron chi connectivity index (χ3n) is 4.12. The van der Waals surface area contributed by atoms with Crippen molar-refractivity contribution in [3.8, 4) is 0 Å². The van der Waals surface area contributed by atoms with E-state index in [1.165, 1.54) is 50.2 Å². The van der Waals surface area contributed by atoms with Gasteiger partial charge in [-0.3, -0.25) is 0 Å². The Balaban J connectivity index is 2.82. The molecule has 0 N–H and O–H groups in total. The van der Waals surface area contributed by atoms with Crippen molar-refractivity contribution < 1.29 is 0 Å². The molecule has 0 spiro atoms. The number of hydrogen-bond acceptors (Lipinski definition) is 0. The van der Waals surface area contributed by atoms with Crippen molar-refractivity contribution >= 4 is 8.07 Å². The van der Waals surface area contributed by atoms with Crippen LogP contribution in [0, 0.1) is 0 Å². The molecule has 0 aliphatic heterocycles. The predicted octanol–water partition coefficient (Wildman–Crippen LogP) is 5.33. The van der Waals surface area contributed by atoms with Gasteiger partial charge >= 0.3 is 0 Å². The molecule has 1 rings (SSSR count). The maximum Gasteiger partial charge on any atom is 0.0679 e. The Bertz CT molecular complexity index is 209. The zero-order valence-electron chi connectivity index (χ0n) is 10.6. The molecule has 16 heavy (non-hydrogen) atoms. The molecule has 1 fully saturated rings. The first-order valence-electron chi connectivity index (χ1n) is 6.62. The van der Waals surface area contributed by atoms with Gasteiger partial charge in [0.25, 0.3) is 0 Å². The first-order chi connectivity index (χ1) is 7.79. The summed E-state index contributed by atoms with van der Waals surface area (Å²) in [6.45, 7) is 11.9. The van der Waals surface area contributed by atoms with Crippen LogP contribution in [0.1, 0.15) is 32.1 Å². The summed E-state index contributed by atoms with van der Waals surface area (Å²) >= 11 is 0. The summed E-state index contributed by atoms with van der Waals surface area (Å²) in [5.74, 6) is 0. The van der Waals surface area contributed by atoms with Gasteiger partial charge in [0.1, 0.15) is 0 Å². The first-order valence-corrected chi connectivity index (χ1v) is 9.31. The highest BCUT2D eigenvalue weighted by molar-refractivity contribution is 6.82. The molecule has 0 amide bonds. The first kappa shape index (κ1) is 13.5. The van der Waals surface area contributed by atoms with Crippen molar-refractivity contribution in [3.05, 3.63) is 38.0 Å². The van der Waals surface area contributed by atoms with Crippen LogP contribution >= 0.6 is 0 Å². The number of rotatable bonds is 7. The van der Waals surface area contributed by atoms with Crippen molar-refractivity contribution in [1.29, 1.82) is 0 Å².